The van der Waals surface area contributed by atoms with Crippen molar-refractivity contribution in [1.82, 2.24) is 5.32 Å². The molecule has 0 aromatic heterocycles. The topological polar surface area (TPSA) is 82.4 Å². The molecule has 1 unspecified atom stereocenters. The van der Waals surface area contributed by atoms with Crippen molar-refractivity contribution in [2.24, 2.45) is 0 Å². The number of alkyl halides is 3. The molecule has 0 spiro atoms. The van der Waals surface area contributed by atoms with Gasteiger partial charge < -0.3 is 10.1 Å². The molecular weight excluding hydrogens is 467 g/mol. The normalized spacial score (nSPS) is 17.2. The van der Waals surface area contributed by atoms with Crippen molar-refractivity contribution in [1.29, 1.82) is 5.26 Å². The van der Waals surface area contributed by atoms with E-state index in [2.05, 4.69) is 11.9 Å². The molecular formula is C24H20F3N3O3S. The number of ether oxygens (including phenoxy) is 1. The van der Waals surface area contributed by atoms with E-state index in [9.17, 15) is 28.0 Å². The van der Waals surface area contributed by atoms with Crippen LogP contribution in [-0.2, 0) is 22.2 Å². The van der Waals surface area contributed by atoms with E-state index in [0.717, 1.165) is 23.9 Å². The largest absolute Gasteiger partial charge is 0.497 e. The third kappa shape index (κ3) is 5.43. The molecule has 1 atom stereocenters. The average Bonchev–Trinajstić information content (AvgIpc) is 3.13. The van der Waals surface area contributed by atoms with Crippen LogP contribution in [0.1, 0.15) is 11.1 Å². The lowest BCUT2D eigenvalue weighted by atomic mass is 10.1. The Kier molecular flexibility index (Phi) is 7.68. The van der Waals surface area contributed by atoms with Crippen LogP contribution in [0.4, 0.5) is 18.9 Å². The lowest BCUT2D eigenvalue weighted by molar-refractivity contribution is -0.137. The van der Waals surface area contributed by atoms with Crippen molar-refractivity contribution >= 4 is 29.3 Å². The molecule has 0 radical (unpaired) electrons. The van der Waals surface area contributed by atoms with Crippen LogP contribution < -0.4 is 15.0 Å². The van der Waals surface area contributed by atoms with E-state index in [4.69, 9.17) is 4.74 Å². The standard InChI is InChI=1S/C24H20F3N3O3S/c1-3-11-29-21(31)19(14-28)23-30(17-7-9-18(33-2)10-8-17)22(32)20(34-23)13-15-5-4-6-16(12-15)24(25,26)27/h3-10,12,20H,1,11,13H2,2H3,(H,29,31)/b23-19-. The Labute approximate surface area is 198 Å². The number of methoxy groups -OCH3 is 1. The Balaban J connectivity index is 2.02. The van der Waals surface area contributed by atoms with Crippen LogP contribution >= 0.6 is 11.8 Å². The maximum atomic E-state index is 13.4. The Morgan fingerprint density at radius 1 is 1.29 bits per heavy atom. The molecule has 1 heterocycles. The first kappa shape index (κ1) is 24.9. The average molecular weight is 488 g/mol. The summed E-state index contributed by atoms with van der Waals surface area (Å²) in [7, 11) is 1.49. The zero-order chi connectivity index (χ0) is 24.9. The number of hydrogen-bond donors (Lipinski definition) is 1. The second kappa shape index (κ2) is 10.5. The van der Waals surface area contributed by atoms with Crippen molar-refractivity contribution in [3.05, 3.63) is 82.9 Å². The highest BCUT2D eigenvalue weighted by atomic mass is 32.2. The number of anilines is 1. The van der Waals surface area contributed by atoms with Gasteiger partial charge in [-0.05, 0) is 42.3 Å². The van der Waals surface area contributed by atoms with Gasteiger partial charge in [0.15, 0.2) is 0 Å². The minimum absolute atomic E-state index is 0.0173. The van der Waals surface area contributed by atoms with Crippen LogP contribution in [0.2, 0.25) is 0 Å². The fraction of sp³-hybridized carbons (Fsp3) is 0.208. The Hall–Kier alpha value is -3.71. The highest BCUT2D eigenvalue weighted by molar-refractivity contribution is 8.05. The van der Waals surface area contributed by atoms with Gasteiger partial charge in [-0.2, -0.15) is 18.4 Å². The quantitative estimate of drug-likeness (QED) is 0.355. The van der Waals surface area contributed by atoms with Crippen LogP contribution in [0.15, 0.2) is 71.8 Å². The number of nitrogens with one attached hydrogen (secondary N) is 1. The molecule has 1 fully saturated rings. The monoisotopic (exact) mass is 487 g/mol. The summed E-state index contributed by atoms with van der Waals surface area (Å²) in [6, 6.07) is 13.0. The summed E-state index contributed by atoms with van der Waals surface area (Å²) in [5.41, 5.74) is -0.386. The zero-order valence-electron chi connectivity index (χ0n) is 18.1. The van der Waals surface area contributed by atoms with E-state index in [1.807, 2.05) is 6.07 Å². The summed E-state index contributed by atoms with van der Waals surface area (Å²) in [5.74, 6) is -0.596. The molecule has 0 aliphatic carbocycles. The van der Waals surface area contributed by atoms with Crippen molar-refractivity contribution in [3.8, 4) is 11.8 Å². The molecule has 1 aliphatic rings. The van der Waals surface area contributed by atoms with Gasteiger partial charge in [-0.25, -0.2) is 0 Å². The smallest absolute Gasteiger partial charge is 0.416 e. The van der Waals surface area contributed by atoms with Crippen molar-refractivity contribution < 1.29 is 27.5 Å². The minimum Gasteiger partial charge on any atom is -0.497 e. The first-order chi connectivity index (χ1) is 16.2. The molecule has 2 amide bonds. The number of nitrogens with zero attached hydrogens (tertiary/aromatic N) is 2. The first-order valence-corrected chi connectivity index (χ1v) is 10.9. The third-order valence-corrected chi connectivity index (χ3v) is 6.18. The molecule has 1 aliphatic heterocycles. The zero-order valence-corrected chi connectivity index (χ0v) is 18.9. The van der Waals surface area contributed by atoms with Crippen LogP contribution in [0, 0.1) is 11.3 Å². The second-order valence-corrected chi connectivity index (χ2v) is 8.36. The number of carbonyl (C=O) groups is 2. The van der Waals surface area contributed by atoms with Gasteiger partial charge in [-0.15, -0.1) is 6.58 Å². The van der Waals surface area contributed by atoms with Gasteiger partial charge in [0.1, 0.15) is 22.4 Å². The van der Waals surface area contributed by atoms with Crippen LogP contribution in [-0.4, -0.2) is 30.7 Å². The molecule has 1 saturated heterocycles. The van der Waals surface area contributed by atoms with Gasteiger partial charge in [-0.3, -0.25) is 14.5 Å². The van der Waals surface area contributed by atoms with E-state index < -0.39 is 28.8 Å². The van der Waals surface area contributed by atoms with E-state index in [1.54, 1.807) is 24.3 Å². The fourth-order valence-corrected chi connectivity index (χ4v) is 4.60. The van der Waals surface area contributed by atoms with Crippen LogP contribution in [0.25, 0.3) is 0 Å². The number of hydrogen-bond acceptors (Lipinski definition) is 5. The third-order valence-electron chi connectivity index (χ3n) is 4.92. The molecule has 2 aromatic carbocycles. The Morgan fingerprint density at radius 3 is 2.59 bits per heavy atom. The fourth-order valence-electron chi connectivity index (χ4n) is 3.30. The van der Waals surface area contributed by atoms with Gasteiger partial charge in [-0.1, -0.05) is 36.0 Å². The highest BCUT2D eigenvalue weighted by Gasteiger charge is 2.41. The van der Waals surface area contributed by atoms with E-state index in [-0.39, 0.29) is 23.6 Å². The van der Waals surface area contributed by atoms with Crippen LogP contribution in [0.3, 0.4) is 0 Å². The predicted molar refractivity (Wildman–Crippen MR) is 123 cm³/mol. The molecule has 176 valence electrons. The molecule has 2 aromatic rings. The van der Waals surface area contributed by atoms with E-state index >= 15 is 0 Å². The predicted octanol–water partition coefficient (Wildman–Crippen LogP) is 4.44. The first-order valence-electron chi connectivity index (χ1n) is 10.0. The van der Waals surface area contributed by atoms with Crippen molar-refractivity contribution in [2.45, 2.75) is 17.8 Å². The van der Waals surface area contributed by atoms with Gasteiger partial charge in [0.25, 0.3) is 5.91 Å². The summed E-state index contributed by atoms with van der Waals surface area (Å²) in [4.78, 5) is 27.2. The second-order valence-electron chi connectivity index (χ2n) is 7.17. The van der Waals surface area contributed by atoms with Gasteiger partial charge >= 0.3 is 6.18 Å². The summed E-state index contributed by atoms with van der Waals surface area (Å²) >= 11 is 0.969. The summed E-state index contributed by atoms with van der Waals surface area (Å²) in [5, 5.41) is 11.5. The highest BCUT2D eigenvalue weighted by Crippen LogP contribution is 2.42. The van der Waals surface area contributed by atoms with Crippen molar-refractivity contribution in [2.75, 3.05) is 18.6 Å². The number of benzene rings is 2. The number of halogens is 3. The lowest BCUT2D eigenvalue weighted by Crippen LogP contribution is -2.32. The van der Waals surface area contributed by atoms with Crippen molar-refractivity contribution in [3.63, 3.8) is 0 Å². The minimum atomic E-state index is -4.51. The molecule has 34 heavy (non-hydrogen) atoms. The maximum Gasteiger partial charge on any atom is 0.416 e. The Bertz CT molecular complexity index is 1170. The number of carbonyl (C=O) groups excluding carboxylic acids is 2. The summed E-state index contributed by atoms with van der Waals surface area (Å²) in [6.45, 7) is 3.63. The van der Waals surface area contributed by atoms with Gasteiger partial charge in [0.2, 0.25) is 5.91 Å². The number of rotatable bonds is 7. The Morgan fingerprint density at radius 2 is 2.00 bits per heavy atom. The van der Waals surface area contributed by atoms with E-state index in [1.165, 1.54) is 30.2 Å². The summed E-state index contributed by atoms with van der Waals surface area (Å²) in [6.07, 6.45) is -3.08. The SMILES string of the molecule is C=CCNC(=O)/C(C#N)=C1\SC(Cc2cccc(C(F)(F)F)c2)C(=O)N1c1ccc(OC)cc1. The molecule has 3 rings (SSSR count). The molecule has 10 heteroatoms. The number of amides is 2. The number of thioether (sulfide) groups is 1. The summed E-state index contributed by atoms with van der Waals surface area (Å²) < 4.78 is 44.5. The number of nitriles is 1. The molecule has 0 saturated carbocycles. The molecule has 6 nitrogen and oxygen atoms in total. The lowest BCUT2D eigenvalue weighted by Gasteiger charge is -2.19. The maximum absolute atomic E-state index is 13.4. The van der Waals surface area contributed by atoms with Gasteiger partial charge in [0, 0.05) is 12.2 Å². The molecule has 0 bridgehead atoms. The molecule has 1 N–H and O–H groups in total. The van der Waals surface area contributed by atoms with Gasteiger partial charge in [0.05, 0.1) is 17.9 Å². The van der Waals surface area contributed by atoms with Crippen LogP contribution in [0.5, 0.6) is 5.75 Å². The van der Waals surface area contributed by atoms with E-state index in [0.29, 0.717) is 17.0 Å².